The molecule has 2 aliphatic heterocycles. The van der Waals surface area contributed by atoms with Gasteiger partial charge in [0, 0.05) is 37.3 Å². The SMILES string of the molecule is FC(F)(F)Cc1cc2c(N3C[C@H]4CCN(Cc5ccnnc5)C[C@H]4C3)ncnc2s1. The first-order chi connectivity index (χ1) is 14.4. The molecule has 10 heteroatoms. The van der Waals surface area contributed by atoms with Crippen LogP contribution in [0.2, 0.25) is 0 Å². The summed E-state index contributed by atoms with van der Waals surface area (Å²) in [7, 11) is 0. The van der Waals surface area contributed by atoms with Gasteiger partial charge in [0.25, 0.3) is 0 Å². The highest BCUT2D eigenvalue weighted by Crippen LogP contribution is 2.38. The number of thiophene rings is 1. The van der Waals surface area contributed by atoms with Gasteiger partial charge in [0.1, 0.15) is 17.0 Å². The highest BCUT2D eigenvalue weighted by atomic mass is 32.1. The minimum atomic E-state index is -4.22. The molecule has 0 amide bonds. The molecule has 0 spiro atoms. The summed E-state index contributed by atoms with van der Waals surface area (Å²) in [6, 6.07) is 3.61. The summed E-state index contributed by atoms with van der Waals surface area (Å²) in [5.74, 6) is 1.87. The first-order valence-electron chi connectivity index (χ1n) is 9.97. The number of piperidine rings is 1. The summed E-state index contributed by atoms with van der Waals surface area (Å²) in [5.41, 5.74) is 1.16. The lowest BCUT2D eigenvalue weighted by Crippen LogP contribution is -2.39. The van der Waals surface area contributed by atoms with Gasteiger partial charge in [-0.05, 0) is 42.5 Å². The Balaban J connectivity index is 1.31. The largest absolute Gasteiger partial charge is 0.393 e. The third-order valence-electron chi connectivity index (χ3n) is 5.97. The molecular weight excluding hydrogens is 413 g/mol. The molecule has 2 atom stereocenters. The second-order valence-corrected chi connectivity index (χ2v) is 9.24. The van der Waals surface area contributed by atoms with Crippen molar-refractivity contribution in [1.29, 1.82) is 0 Å². The van der Waals surface area contributed by atoms with Crippen LogP contribution >= 0.6 is 11.3 Å². The summed E-state index contributed by atoms with van der Waals surface area (Å²) in [5, 5.41) is 8.52. The maximum Gasteiger partial charge on any atom is 0.393 e. The van der Waals surface area contributed by atoms with Gasteiger partial charge < -0.3 is 4.90 Å². The van der Waals surface area contributed by atoms with Crippen molar-refractivity contribution in [3.63, 3.8) is 0 Å². The van der Waals surface area contributed by atoms with Gasteiger partial charge in [0.15, 0.2) is 0 Å². The molecule has 0 saturated carbocycles. The van der Waals surface area contributed by atoms with Crippen molar-refractivity contribution in [2.24, 2.45) is 11.8 Å². The molecule has 2 aliphatic rings. The summed E-state index contributed by atoms with van der Waals surface area (Å²) in [6.07, 6.45) is 0.961. The number of aromatic nitrogens is 4. The molecule has 158 valence electrons. The number of likely N-dealkylation sites (tertiary alicyclic amines) is 1. The van der Waals surface area contributed by atoms with Crippen molar-refractivity contribution in [3.05, 3.63) is 41.3 Å². The van der Waals surface area contributed by atoms with E-state index in [1.54, 1.807) is 18.5 Å². The van der Waals surface area contributed by atoms with Crippen molar-refractivity contribution < 1.29 is 13.2 Å². The predicted molar refractivity (Wildman–Crippen MR) is 108 cm³/mol. The Bertz CT molecular complexity index is 1020. The smallest absolute Gasteiger partial charge is 0.355 e. The third kappa shape index (κ3) is 4.11. The molecule has 0 aliphatic carbocycles. The molecule has 0 bridgehead atoms. The van der Waals surface area contributed by atoms with Crippen LogP contribution in [-0.4, -0.2) is 57.4 Å². The number of hydrogen-bond donors (Lipinski definition) is 0. The van der Waals surface area contributed by atoms with Crippen LogP contribution in [0.15, 0.2) is 30.9 Å². The zero-order valence-corrected chi connectivity index (χ0v) is 17.0. The van der Waals surface area contributed by atoms with E-state index < -0.39 is 12.6 Å². The first kappa shape index (κ1) is 19.6. The van der Waals surface area contributed by atoms with Gasteiger partial charge in [-0.25, -0.2) is 9.97 Å². The summed E-state index contributed by atoms with van der Waals surface area (Å²) in [6.45, 7) is 4.66. The summed E-state index contributed by atoms with van der Waals surface area (Å²) >= 11 is 1.11. The second-order valence-electron chi connectivity index (χ2n) is 8.12. The maximum atomic E-state index is 12.8. The monoisotopic (exact) mass is 434 g/mol. The highest BCUT2D eigenvalue weighted by Gasteiger charge is 2.38. The molecule has 2 fully saturated rings. The summed E-state index contributed by atoms with van der Waals surface area (Å²) in [4.78, 5) is 14.3. The van der Waals surface area contributed by atoms with Crippen LogP contribution in [0.5, 0.6) is 0 Å². The molecule has 3 aromatic heterocycles. The van der Waals surface area contributed by atoms with Gasteiger partial charge in [0.05, 0.1) is 18.0 Å². The zero-order valence-electron chi connectivity index (χ0n) is 16.2. The zero-order chi connectivity index (χ0) is 20.7. The van der Waals surface area contributed by atoms with Crippen LogP contribution in [0.1, 0.15) is 16.9 Å². The molecule has 6 nitrogen and oxygen atoms in total. The summed E-state index contributed by atoms with van der Waals surface area (Å²) < 4.78 is 38.4. The van der Waals surface area contributed by atoms with E-state index in [9.17, 15) is 13.2 Å². The number of hydrogen-bond acceptors (Lipinski definition) is 7. The molecule has 0 unspecified atom stereocenters. The molecule has 2 saturated heterocycles. The Labute approximate surface area is 175 Å². The molecule has 0 aromatic carbocycles. The number of anilines is 1. The van der Waals surface area contributed by atoms with E-state index in [-0.39, 0.29) is 4.88 Å². The molecular formula is C20H21F3N6S. The first-order valence-corrected chi connectivity index (χ1v) is 10.8. The Hall–Kier alpha value is -2.33. The Morgan fingerprint density at radius 1 is 1.10 bits per heavy atom. The topological polar surface area (TPSA) is 58.0 Å². The van der Waals surface area contributed by atoms with Gasteiger partial charge in [-0.1, -0.05) is 0 Å². The van der Waals surface area contributed by atoms with Crippen molar-refractivity contribution in [3.8, 4) is 0 Å². The van der Waals surface area contributed by atoms with E-state index in [4.69, 9.17) is 0 Å². The molecule has 5 heterocycles. The average Bonchev–Trinajstić information content (AvgIpc) is 3.30. The molecule has 3 aromatic rings. The molecule has 30 heavy (non-hydrogen) atoms. The van der Waals surface area contributed by atoms with Crippen LogP contribution in [0.3, 0.4) is 0 Å². The normalized spacial score (nSPS) is 22.6. The predicted octanol–water partition coefficient (Wildman–Crippen LogP) is 3.54. The highest BCUT2D eigenvalue weighted by molar-refractivity contribution is 7.18. The van der Waals surface area contributed by atoms with Crippen LogP contribution < -0.4 is 4.90 Å². The third-order valence-corrected chi connectivity index (χ3v) is 7.01. The fraction of sp³-hybridized carbons (Fsp3) is 0.500. The van der Waals surface area contributed by atoms with E-state index in [2.05, 4.69) is 30.0 Å². The van der Waals surface area contributed by atoms with Gasteiger partial charge in [0.2, 0.25) is 0 Å². The van der Waals surface area contributed by atoms with Crippen molar-refractivity contribution >= 4 is 27.4 Å². The fourth-order valence-electron chi connectivity index (χ4n) is 4.66. The number of rotatable bonds is 4. The van der Waals surface area contributed by atoms with Gasteiger partial charge >= 0.3 is 6.18 Å². The number of alkyl halides is 3. The lowest BCUT2D eigenvalue weighted by molar-refractivity contribution is -0.126. The van der Waals surface area contributed by atoms with Gasteiger partial charge in [-0.15, -0.1) is 11.3 Å². The van der Waals surface area contributed by atoms with E-state index in [1.165, 1.54) is 6.33 Å². The van der Waals surface area contributed by atoms with Crippen LogP contribution in [0.25, 0.3) is 10.2 Å². The van der Waals surface area contributed by atoms with E-state index in [0.29, 0.717) is 16.7 Å². The van der Waals surface area contributed by atoms with Crippen LogP contribution in [0, 0.1) is 11.8 Å². The van der Waals surface area contributed by atoms with Crippen LogP contribution in [0.4, 0.5) is 19.0 Å². The Morgan fingerprint density at radius 3 is 2.77 bits per heavy atom. The molecule has 5 rings (SSSR count). The van der Waals surface area contributed by atoms with Gasteiger partial charge in [-0.3, -0.25) is 4.90 Å². The van der Waals surface area contributed by atoms with E-state index in [0.717, 1.165) is 67.2 Å². The standard InChI is InChI=1S/C20H21F3N6S/c21-20(22,23)6-16-5-17-18(24-12-25-19(17)30-16)29-10-14-2-4-28(9-15(14)11-29)8-13-1-3-26-27-7-13/h1,3,5,7,12,14-15H,2,4,6,8-11H2/t14-,15+/m1/s1. The fourth-order valence-corrected chi connectivity index (χ4v) is 5.68. The molecule has 0 radical (unpaired) electrons. The van der Waals surface area contributed by atoms with Crippen molar-refractivity contribution in [2.45, 2.75) is 25.6 Å². The minimum Gasteiger partial charge on any atom is -0.355 e. The number of fused-ring (bicyclic) bond motifs is 2. The number of halogens is 3. The number of nitrogens with zero attached hydrogens (tertiary/aromatic N) is 6. The van der Waals surface area contributed by atoms with Crippen LogP contribution in [-0.2, 0) is 13.0 Å². The Kier molecular flexibility index (Phi) is 5.06. The van der Waals surface area contributed by atoms with E-state index in [1.807, 2.05) is 6.07 Å². The average molecular weight is 434 g/mol. The minimum absolute atomic E-state index is 0.285. The lowest BCUT2D eigenvalue weighted by Gasteiger charge is -2.34. The van der Waals surface area contributed by atoms with Crippen molar-refractivity contribution in [1.82, 2.24) is 25.1 Å². The lowest BCUT2D eigenvalue weighted by atomic mass is 9.88. The maximum absolute atomic E-state index is 12.8. The van der Waals surface area contributed by atoms with E-state index >= 15 is 0 Å². The van der Waals surface area contributed by atoms with Crippen molar-refractivity contribution in [2.75, 3.05) is 31.1 Å². The Morgan fingerprint density at radius 2 is 1.97 bits per heavy atom. The molecule has 0 N–H and O–H groups in total. The second kappa shape index (κ2) is 7.73. The quantitative estimate of drug-likeness (QED) is 0.626. The van der Waals surface area contributed by atoms with Gasteiger partial charge in [-0.2, -0.15) is 23.4 Å².